The molecular formula is C28H28N6O3. The number of benzene rings is 1. The van der Waals surface area contributed by atoms with Crippen molar-refractivity contribution in [2.24, 2.45) is 5.41 Å². The number of nitriles is 2. The fourth-order valence-electron chi connectivity index (χ4n) is 6.55. The standard InChI is InChI=1S/C28H28N6O3/c1-16-10-19(6-5-8-29)11-17(2)22(16)36-23-20-21(24(35)34-9-7-18(3)37-26(20,34)4)31-25(32-23)33-28-12-27(13-28,14-28)15-30/h5-6,10-11,18H,7,9,12-14H2,1-4H3,(H,31,32,33)/b6-5+/t18-,26?,27?,28?/m1/s1. The summed E-state index contributed by atoms with van der Waals surface area (Å²) in [6.07, 6.45) is 6.14. The molecule has 7 rings (SSSR count). The summed E-state index contributed by atoms with van der Waals surface area (Å²) in [7, 11) is 0. The summed E-state index contributed by atoms with van der Waals surface area (Å²) in [6.45, 7) is 8.31. The number of rotatable bonds is 5. The predicted octanol–water partition coefficient (Wildman–Crippen LogP) is 4.72. The molecule has 3 heterocycles. The zero-order valence-electron chi connectivity index (χ0n) is 21.4. The average molecular weight is 497 g/mol. The molecule has 3 saturated carbocycles. The van der Waals surface area contributed by atoms with Gasteiger partial charge in [-0.25, -0.2) is 4.98 Å². The van der Waals surface area contributed by atoms with Crippen LogP contribution in [0.4, 0.5) is 5.95 Å². The van der Waals surface area contributed by atoms with Crippen LogP contribution in [-0.4, -0.2) is 39.0 Å². The van der Waals surface area contributed by atoms with E-state index in [4.69, 9.17) is 19.7 Å². The molecule has 0 radical (unpaired) electrons. The van der Waals surface area contributed by atoms with Crippen molar-refractivity contribution in [3.63, 3.8) is 0 Å². The van der Waals surface area contributed by atoms with Gasteiger partial charge in [-0.1, -0.05) is 0 Å². The lowest BCUT2D eigenvalue weighted by molar-refractivity contribution is -0.187. The third-order valence-corrected chi connectivity index (χ3v) is 8.17. The van der Waals surface area contributed by atoms with E-state index < -0.39 is 5.72 Å². The van der Waals surface area contributed by atoms with Crippen LogP contribution in [0.2, 0.25) is 0 Å². The molecule has 1 aromatic carbocycles. The van der Waals surface area contributed by atoms with Gasteiger partial charge in [0.1, 0.15) is 11.4 Å². The number of hydrogen-bond acceptors (Lipinski definition) is 8. The third-order valence-electron chi connectivity index (χ3n) is 8.17. The van der Waals surface area contributed by atoms with Crippen LogP contribution in [0, 0.1) is 41.9 Å². The Balaban J connectivity index is 1.43. The number of ether oxygens (including phenoxy) is 2. The van der Waals surface area contributed by atoms with E-state index in [9.17, 15) is 10.1 Å². The SMILES string of the molecule is Cc1cc(/C=C/C#N)cc(C)c1Oc1nc(NC23CC(C#N)(C2)C3)nc2c1C1(C)O[C@H](C)CCN1C2=O. The summed E-state index contributed by atoms with van der Waals surface area (Å²) in [5, 5.41) is 21.7. The number of carbonyl (C=O) groups excluding carboxylic acids is 1. The van der Waals surface area contributed by atoms with E-state index in [2.05, 4.69) is 16.4 Å². The summed E-state index contributed by atoms with van der Waals surface area (Å²) < 4.78 is 12.9. The normalized spacial score (nSPS) is 31.0. The summed E-state index contributed by atoms with van der Waals surface area (Å²) in [5.74, 6) is 1.05. The van der Waals surface area contributed by atoms with Gasteiger partial charge < -0.3 is 19.7 Å². The van der Waals surface area contributed by atoms with Gasteiger partial charge in [0.25, 0.3) is 5.91 Å². The predicted molar refractivity (Wildman–Crippen MR) is 134 cm³/mol. The van der Waals surface area contributed by atoms with Crippen LogP contribution in [0.1, 0.15) is 72.3 Å². The van der Waals surface area contributed by atoms with E-state index >= 15 is 0 Å². The minimum atomic E-state index is -1.03. The highest BCUT2D eigenvalue weighted by Gasteiger charge is 2.69. The summed E-state index contributed by atoms with van der Waals surface area (Å²) in [4.78, 5) is 24.7. The molecule has 2 aromatic rings. The highest BCUT2D eigenvalue weighted by molar-refractivity contribution is 5.99. The van der Waals surface area contributed by atoms with Crippen LogP contribution in [-0.2, 0) is 10.5 Å². The topological polar surface area (TPSA) is 124 Å². The number of carbonyl (C=O) groups is 1. The van der Waals surface area contributed by atoms with Crippen molar-refractivity contribution in [2.45, 2.75) is 70.7 Å². The first-order valence-corrected chi connectivity index (χ1v) is 12.6. The molecule has 9 heteroatoms. The highest BCUT2D eigenvalue weighted by Crippen LogP contribution is 2.67. The van der Waals surface area contributed by atoms with E-state index in [1.807, 2.05) is 45.9 Å². The molecular weight excluding hydrogens is 468 g/mol. The maximum absolute atomic E-state index is 13.5. The van der Waals surface area contributed by atoms with Gasteiger partial charge in [-0.2, -0.15) is 15.5 Å². The molecule has 2 atom stereocenters. The maximum atomic E-state index is 13.5. The lowest BCUT2D eigenvalue weighted by Gasteiger charge is -2.66. The molecule has 1 unspecified atom stereocenters. The molecule has 2 bridgehead atoms. The zero-order valence-corrected chi connectivity index (χ0v) is 21.4. The minimum Gasteiger partial charge on any atom is -0.438 e. The molecule has 0 spiro atoms. The number of anilines is 1. The van der Waals surface area contributed by atoms with Gasteiger partial charge in [0.05, 0.1) is 29.2 Å². The molecule has 9 nitrogen and oxygen atoms in total. The van der Waals surface area contributed by atoms with Crippen molar-refractivity contribution in [2.75, 3.05) is 11.9 Å². The van der Waals surface area contributed by atoms with Gasteiger partial charge in [-0.05, 0) is 88.3 Å². The lowest BCUT2D eigenvalue weighted by atomic mass is 9.40. The van der Waals surface area contributed by atoms with Crippen LogP contribution >= 0.6 is 0 Å². The van der Waals surface area contributed by atoms with Crippen molar-refractivity contribution in [3.05, 3.63) is 46.2 Å². The fourth-order valence-corrected chi connectivity index (χ4v) is 6.55. The van der Waals surface area contributed by atoms with Gasteiger partial charge in [-0.15, -0.1) is 0 Å². The van der Waals surface area contributed by atoms with Gasteiger partial charge in [0, 0.05) is 18.2 Å². The number of fused-ring (bicyclic) bond motifs is 3. The Morgan fingerprint density at radius 1 is 1.22 bits per heavy atom. The Morgan fingerprint density at radius 2 is 1.92 bits per heavy atom. The first-order chi connectivity index (χ1) is 17.6. The van der Waals surface area contributed by atoms with Crippen molar-refractivity contribution >= 4 is 17.9 Å². The molecule has 4 fully saturated rings. The van der Waals surface area contributed by atoms with Gasteiger partial charge in [-0.3, -0.25) is 4.79 Å². The van der Waals surface area contributed by atoms with Crippen molar-refractivity contribution in [1.29, 1.82) is 10.5 Å². The lowest BCUT2D eigenvalue weighted by Crippen LogP contribution is -2.70. The molecule has 188 valence electrons. The molecule has 2 aliphatic heterocycles. The molecule has 1 N–H and O–H groups in total. The van der Waals surface area contributed by atoms with Crippen molar-refractivity contribution < 1.29 is 14.3 Å². The molecule has 3 aliphatic carbocycles. The first-order valence-electron chi connectivity index (χ1n) is 12.6. The molecule has 1 aromatic heterocycles. The fraction of sp³-hybridized carbons (Fsp3) is 0.464. The summed E-state index contributed by atoms with van der Waals surface area (Å²) in [6, 6.07) is 8.32. The van der Waals surface area contributed by atoms with E-state index in [0.29, 0.717) is 23.8 Å². The van der Waals surface area contributed by atoms with Crippen molar-refractivity contribution in [1.82, 2.24) is 14.9 Å². The second-order valence-electron chi connectivity index (χ2n) is 11.1. The second-order valence-corrected chi connectivity index (χ2v) is 11.1. The van der Waals surface area contributed by atoms with Gasteiger partial charge in [0.2, 0.25) is 11.8 Å². The Bertz CT molecular complexity index is 1420. The molecule has 1 amide bonds. The third kappa shape index (κ3) is 3.42. The number of aryl methyl sites for hydroxylation is 2. The van der Waals surface area contributed by atoms with Crippen LogP contribution < -0.4 is 10.1 Å². The van der Waals surface area contributed by atoms with Gasteiger partial charge >= 0.3 is 0 Å². The first kappa shape index (κ1) is 23.4. The van der Waals surface area contributed by atoms with E-state index in [-0.39, 0.29) is 34.5 Å². The highest BCUT2D eigenvalue weighted by atomic mass is 16.5. The summed E-state index contributed by atoms with van der Waals surface area (Å²) >= 11 is 0. The van der Waals surface area contributed by atoms with Crippen molar-refractivity contribution in [3.8, 4) is 23.8 Å². The van der Waals surface area contributed by atoms with E-state index in [0.717, 1.165) is 42.4 Å². The Morgan fingerprint density at radius 3 is 2.57 bits per heavy atom. The molecule has 5 aliphatic rings. The van der Waals surface area contributed by atoms with Gasteiger partial charge in [0.15, 0.2) is 5.72 Å². The molecule has 1 saturated heterocycles. The monoisotopic (exact) mass is 496 g/mol. The number of allylic oxidation sites excluding steroid dienone is 1. The minimum absolute atomic E-state index is 0.0386. The van der Waals surface area contributed by atoms with E-state index in [1.165, 1.54) is 6.08 Å². The zero-order chi connectivity index (χ0) is 26.2. The quantitative estimate of drug-likeness (QED) is 0.590. The molecule has 37 heavy (non-hydrogen) atoms. The number of nitrogens with one attached hydrogen (secondary N) is 1. The largest absolute Gasteiger partial charge is 0.438 e. The average Bonchev–Trinajstić information content (AvgIpc) is 3.02. The second kappa shape index (κ2) is 7.77. The Labute approximate surface area is 215 Å². The van der Waals surface area contributed by atoms with Crippen LogP contribution in [0.3, 0.4) is 0 Å². The van der Waals surface area contributed by atoms with Crippen LogP contribution in [0.15, 0.2) is 18.2 Å². The Hall–Kier alpha value is -3.95. The number of hydrogen-bond donors (Lipinski definition) is 1. The van der Waals surface area contributed by atoms with Crippen LogP contribution in [0.5, 0.6) is 11.6 Å². The number of nitrogens with zero attached hydrogens (tertiary/aromatic N) is 5. The Kier molecular flexibility index (Phi) is 4.93. The van der Waals surface area contributed by atoms with Crippen LogP contribution in [0.25, 0.3) is 6.08 Å². The number of amides is 1. The maximum Gasteiger partial charge on any atom is 0.275 e. The van der Waals surface area contributed by atoms with E-state index in [1.54, 1.807) is 11.0 Å². The smallest absolute Gasteiger partial charge is 0.275 e. The number of aromatic nitrogens is 2. The summed E-state index contributed by atoms with van der Waals surface area (Å²) in [5.41, 5.74) is 2.00.